The van der Waals surface area contributed by atoms with Gasteiger partial charge in [0.2, 0.25) is 5.91 Å². The maximum Gasteiger partial charge on any atom is 0.307 e. The van der Waals surface area contributed by atoms with Crippen LogP contribution in [0.5, 0.6) is 0 Å². The van der Waals surface area contributed by atoms with Crippen LogP contribution in [-0.4, -0.2) is 50.2 Å². The molecule has 0 fully saturated rings. The Morgan fingerprint density at radius 2 is 2.28 bits per heavy atom. The van der Waals surface area contributed by atoms with E-state index in [9.17, 15) is 19.7 Å². The Hall–Kier alpha value is -2.45. The molecule has 9 nitrogen and oxygen atoms in total. The lowest BCUT2D eigenvalue weighted by Gasteiger charge is -2.15. The number of aromatic nitrogens is 2. The van der Waals surface area contributed by atoms with Gasteiger partial charge < -0.3 is 10.0 Å². The van der Waals surface area contributed by atoms with Crippen LogP contribution in [0.15, 0.2) is 12.4 Å². The summed E-state index contributed by atoms with van der Waals surface area (Å²) in [7, 11) is 1.46. The molecule has 98 valence electrons. The molecular weight excluding hydrogens is 244 g/mol. The Morgan fingerprint density at radius 1 is 1.61 bits per heavy atom. The molecule has 0 aliphatic carbocycles. The van der Waals surface area contributed by atoms with Crippen LogP contribution in [0.4, 0.5) is 5.69 Å². The van der Waals surface area contributed by atoms with Crippen molar-refractivity contribution in [1.82, 2.24) is 14.7 Å². The van der Waals surface area contributed by atoms with Crippen molar-refractivity contribution >= 4 is 17.6 Å². The average Bonchev–Trinajstić information content (AvgIpc) is 2.74. The highest BCUT2D eigenvalue weighted by atomic mass is 16.6. The monoisotopic (exact) mass is 256 g/mol. The highest BCUT2D eigenvalue weighted by molar-refractivity contribution is 5.76. The molecule has 1 heterocycles. The molecule has 0 aliphatic rings. The molecule has 0 atom stereocenters. The van der Waals surface area contributed by atoms with Gasteiger partial charge in [-0.15, -0.1) is 0 Å². The van der Waals surface area contributed by atoms with E-state index in [1.165, 1.54) is 11.9 Å². The lowest BCUT2D eigenvalue weighted by Crippen LogP contribution is -2.32. The quantitative estimate of drug-likeness (QED) is 0.552. The van der Waals surface area contributed by atoms with E-state index in [1.807, 2.05) is 0 Å². The molecule has 0 saturated carbocycles. The fourth-order valence-electron chi connectivity index (χ4n) is 1.18. The topological polar surface area (TPSA) is 119 Å². The van der Waals surface area contributed by atoms with Gasteiger partial charge >= 0.3 is 11.7 Å². The van der Waals surface area contributed by atoms with Gasteiger partial charge in [0.25, 0.3) is 0 Å². The van der Waals surface area contributed by atoms with E-state index in [4.69, 9.17) is 5.11 Å². The van der Waals surface area contributed by atoms with E-state index in [0.717, 1.165) is 17.1 Å². The molecule has 0 unspecified atom stereocenters. The number of likely N-dealkylation sites (N-methyl/N-ethyl adjacent to an activating group) is 1. The zero-order valence-electron chi connectivity index (χ0n) is 9.65. The molecule has 9 heteroatoms. The van der Waals surface area contributed by atoms with Crippen LogP contribution in [0, 0.1) is 10.1 Å². The first-order valence-corrected chi connectivity index (χ1v) is 5.02. The highest BCUT2D eigenvalue weighted by Gasteiger charge is 2.14. The number of rotatable bonds is 6. The minimum absolute atomic E-state index is 0.0809. The first-order chi connectivity index (χ1) is 8.40. The van der Waals surface area contributed by atoms with Gasteiger partial charge in [-0.25, -0.2) is 0 Å². The molecule has 1 amide bonds. The number of nitrogens with zero attached hydrogens (tertiary/aromatic N) is 4. The minimum atomic E-state index is -0.996. The third-order valence-electron chi connectivity index (χ3n) is 2.21. The Bertz CT molecular complexity index is 469. The van der Waals surface area contributed by atoms with Crippen molar-refractivity contribution < 1.29 is 19.6 Å². The molecule has 1 aromatic heterocycles. The zero-order chi connectivity index (χ0) is 13.7. The molecule has 0 aromatic carbocycles. The summed E-state index contributed by atoms with van der Waals surface area (Å²) >= 11 is 0. The predicted octanol–water partition coefficient (Wildman–Crippen LogP) is -0.276. The van der Waals surface area contributed by atoms with Crippen molar-refractivity contribution in [3.05, 3.63) is 22.5 Å². The lowest BCUT2D eigenvalue weighted by atomic mass is 10.4. The van der Waals surface area contributed by atoms with Crippen LogP contribution in [0.1, 0.15) is 6.42 Å². The number of carboxylic acids is 1. The summed E-state index contributed by atoms with van der Waals surface area (Å²) in [6.07, 6.45) is 2.04. The van der Waals surface area contributed by atoms with Gasteiger partial charge in [-0.3, -0.25) is 24.4 Å². The summed E-state index contributed by atoms with van der Waals surface area (Å²) < 4.78 is 1.14. The van der Waals surface area contributed by atoms with Crippen LogP contribution in [0.25, 0.3) is 0 Å². The Balaban J connectivity index is 2.52. The van der Waals surface area contributed by atoms with Gasteiger partial charge in [0.1, 0.15) is 18.9 Å². The van der Waals surface area contributed by atoms with Crippen LogP contribution in [-0.2, 0) is 16.1 Å². The molecule has 0 spiro atoms. The van der Waals surface area contributed by atoms with Crippen LogP contribution in [0.2, 0.25) is 0 Å². The van der Waals surface area contributed by atoms with E-state index < -0.39 is 10.9 Å². The second-order valence-electron chi connectivity index (χ2n) is 3.61. The normalized spacial score (nSPS) is 10.1. The third kappa shape index (κ3) is 3.85. The number of aliphatic carboxylic acids is 1. The number of amides is 1. The van der Waals surface area contributed by atoms with Gasteiger partial charge in [0.15, 0.2) is 0 Å². The van der Waals surface area contributed by atoms with Gasteiger partial charge in [-0.05, 0) is 0 Å². The molecule has 1 N–H and O–H groups in total. The van der Waals surface area contributed by atoms with Crippen molar-refractivity contribution in [2.75, 3.05) is 13.6 Å². The molecule has 18 heavy (non-hydrogen) atoms. The predicted molar refractivity (Wildman–Crippen MR) is 58.8 cm³/mol. The van der Waals surface area contributed by atoms with Crippen molar-refractivity contribution in [2.45, 2.75) is 13.0 Å². The molecule has 1 rings (SSSR count). The molecule has 0 aliphatic heterocycles. The van der Waals surface area contributed by atoms with E-state index in [0.29, 0.717) is 0 Å². The van der Waals surface area contributed by atoms with Crippen molar-refractivity contribution in [3.8, 4) is 0 Å². The lowest BCUT2D eigenvalue weighted by molar-refractivity contribution is -0.385. The standard InChI is InChI=1S/C9H12N4O5/c1-11(3-2-9(15)16)8(14)6-12-5-7(4-10-12)13(17)18/h4-5H,2-3,6H2,1H3,(H,15,16). The highest BCUT2D eigenvalue weighted by Crippen LogP contribution is 2.07. The van der Waals surface area contributed by atoms with Crippen LogP contribution in [0.3, 0.4) is 0 Å². The van der Waals surface area contributed by atoms with Crippen molar-refractivity contribution in [1.29, 1.82) is 0 Å². The zero-order valence-corrected chi connectivity index (χ0v) is 9.65. The first kappa shape index (κ1) is 13.6. The summed E-state index contributed by atoms with van der Waals surface area (Å²) in [5.41, 5.74) is -0.198. The second-order valence-corrected chi connectivity index (χ2v) is 3.61. The summed E-state index contributed by atoms with van der Waals surface area (Å²) in [4.78, 5) is 33.0. The number of hydrogen-bond donors (Lipinski definition) is 1. The average molecular weight is 256 g/mol. The van der Waals surface area contributed by atoms with Gasteiger partial charge in [0, 0.05) is 13.6 Å². The van der Waals surface area contributed by atoms with Crippen molar-refractivity contribution in [2.24, 2.45) is 0 Å². The number of carboxylic acid groups (broad SMARTS) is 1. The minimum Gasteiger partial charge on any atom is -0.481 e. The SMILES string of the molecule is CN(CCC(=O)O)C(=O)Cn1cc([N+](=O)[O-])cn1. The van der Waals surface area contributed by atoms with Crippen LogP contribution < -0.4 is 0 Å². The molecule has 1 aromatic rings. The summed E-state index contributed by atoms with van der Waals surface area (Å²) in [6, 6.07) is 0. The molecule has 0 saturated heterocycles. The summed E-state index contributed by atoms with van der Waals surface area (Å²) in [6.45, 7) is -0.0819. The number of carbonyl (C=O) groups excluding carboxylic acids is 1. The van der Waals surface area contributed by atoms with Crippen molar-refractivity contribution in [3.63, 3.8) is 0 Å². The number of nitro groups is 1. The fraction of sp³-hybridized carbons (Fsp3) is 0.444. The maximum absolute atomic E-state index is 11.6. The van der Waals surface area contributed by atoms with Gasteiger partial charge in [0.05, 0.1) is 11.3 Å². The summed E-state index contributed by atoms with van der Waals surface area (Å²) in [5, 5.41) is 22.5. The van der Waals surface area contributed by atoms with E-state index in [2.05, 4.69) is 5.10 Å². The van der Waals surface area contributed by atoms with Gasteiger partial charge in [-0.1, -0.05) is 0 Å². The Morgan fingerprint density at radius 3 is 2.78 bits per heavy atom. The van der Waals surface area contributed by atoms with Crippen LogP contribution >= 0.6 is 0 Å². The largest absolute Gasteiger partial charge is 0.481 e. The first-order valence-electron chi connectivity index (χ1n) is 5.02. The fourth-order valence-corrected chi connectivity index (χ4v) is 1.18. The third-order valence-corrected chi connectivity index (χ3v) is 2.21. The molecular formula is C9H12N4O5. The molecule has 0 bridgehead atoms. The summed E-state index contributed by atoms with van der Waals surface area (Å²) in [5.74, 6) is -1.36. The number of carbonyl (C=O) groups is 2. The Labute approximate surface area is 102 Å². The molecule has 0 radical (unpaired) electrons. The van der Waals surface area contributed by atoms with E-state index in [1.54, 1.807) is 0 Å². The maximum atomic E-state index is 11.6. The smallest absolute Gasteiger partial charge is 0.307 e. The van der Waals surface area contributed by atoms with Gasteiger partial charge in [-0.2, -0.15) is 5.10 Å². The van der Waals surface area contributed by atoms with E-state index in [-0.39, 0.29) is 31.1 Å². The van der Waals surface area contributed by atoms with E-state index >= 15 is 0 Å². The second kappa shape index (κ2) is 5.75. The Kier molecular flexibility index (Phi) is 4.35. The number of hydrogen-bond acceptors (Lipinski definition) is 5.